The van der Waals surface area contributed by atoms with Crippen molar-refractivity contribution in [3.8, 4) is 5.82 Å². The molecule has 0 unspecified atom stereocenters. The van der Waals surface area contributed by atoms with Gasteiger partial charge < -0.3 is 10.4 Å². The Morgan fingerprint density at radius 3 is 2.85 bits per heavy atom. The lowest BCUT2D eigenvalue weighted by atomic mass is 10.2. The number of nitrogens with one attached hydrogen (secondary N) is 1. The summed E-state index contributed by atoms with van der Waals surface area (Å²) in [5.74, 6) is 0.466. The molecule has 0 aromatic carbocycles. The number of aromatic nitrogens is 4. The summed E-state index contributed by atoms with van der Waals surface area (Å²) in [6.07, 6.45) is 7.01. The van der Waals surface area contributed by atoms with Crippen LogP contribution in [0.5, 0.6) is 0 Å². The maximum absolute atomic E-state index is 11.8. The SMILES string of the molecule is O=C(NCCCCCO)c1ccc(-n2cncn2)nc1. The Balaban J connectivity index is 1.85. The second kappa shape index (κ2) is 7.34. The van der Waals surface area contributed by atoms with Gasteiger partial charge >= 0.3 is 0 Å². The fourth-order valence-electron chi connectivity index (χ4n) is 1.70. The molecule has 7 nitrogen and oxygen atoms in total. The summed E-state index contributed by atoms with van der Waals surface area (Å²) >= 11 is 0. The van der Waals surface area contributed by atoms with Gasteiger partial charge in [0.15, 0.2) is 5.82 Å². The van der Waals surface area contributed by atoms with Crippen LogP contribution in [0.2, 0.25) is 0 Å². The third-order valence-corrected chi connectivity index (χ3v) is 2.78. The zero-order chi connectivity index (χ0) is 14.2. The molecule has 7 heteroatoms. The number of amides is 1. The van der Waals surface area contributed by atoms with Crippen LogP contribution in [0.4, 0.5) is 0 Å². The van der Waals surface area contributed by atoms with Crippen molar-refractivity contribution in [3.05, 3.63) is 36.5 Å². The van der Waals surface area contributed by atoms with Crippen molar-refractivity contribution in [3.63, 3.8) is 0 Å². The molecule has 2 N–H and O–H groups in total. The lowest BCUT2D eigenvalue weighted by Gasteiger charge is -2.05. The molecule has 0 bridgehead atoms. The molecule has 2 heterocycles. The van der Waals surface area contributed by atoms with Gasteiger partial charge in [-0.1, -0.05) is 0 Å². The predicted octanol–water partition coefficient (Wildman–Crippen LogP) is 0.555. The fraction of sp³-hybridized carbons (Fsp3) is 0.385. The molecule has 106 valence electrons. The average molecular weight is 275 g/mol. The summed E-state index contributed by atoms with van der Waals surface area (Å²) < 4.78 is 1.52. The van der Waals surface area contributed by atoms with Crippen molar-refractivity contribution < 1.29 is 9.90 Å². The van der Waals surface area contributed by atoms with Crippen LogP contribution in [0.15, 0.2) is 31.0 Å². The Hall–Kier alpha value is -2.28. The Kier molecular flexibility index (Phi) is 5.19. The highest BCUT2D eigenvalue weighted by molar-refractivity contribution is 5.93. The van der Waals surface area contributed by atoms with Crippen LogP contribution < -0.4 is 5.32 Å². The van der Waals surface area contributed by atoms with Crippen molar-refractivity contribution in [2.24, 2.45) is 0 Å². The molecule has 0 radical (unpaired) electrons. The van der Waals surface area contributed by atoms with E-state index in [1.165, 1.54) is 17.2 Å². The van der Waals surface area contributed by atoms with E-state index in [0.717, 1.165) is 19.3 Å². The van der Waals surface area contributed by atoms with Gasteiger partial charge in [-0.05, 0) is 31.4 Å². The van der Waals surface area contributed by atoms with Crippen LogP contribution in [0, 0.1) is 0 Å². The summed E-state index contributed by atoms with van der Waals surface area (Å²) in [5.41, 5.74) is 0.510. The third-order valence-electron chi connectivity index (χ3n) is 2.78. The molecule has 2 aromatic rings. The second-order valence-corrected chi connectivity index (χ2v) is 4.29. The van der Waals surface area contributed by atoms with Gasteiger partial charge in [-0.3, -0.25) is 4.79 Å². The molecule has 0 saturated carbocycles. The van der Waals surface area contributed by atoms with Crippen molar-refractivity contribution in [1.82, 2.24) is 25.1 Å². The van der Waals surface area contributed by atoms with E-state index in [1.54, 1.807) is 18.5 Å². The Bertz CT molecular complexity index is 524. The zero-order valence-electron chi connectivity index (χ0n) is 11.1. The highest BCUT2D eigenvalue weighted by Gasteiger charge is 2.06. The van der Waals surface area contributed by atoms with E-state index in [0.29, 0.717) is 17.9 Å². The molecule has 0 atom stereocenters. The van der Waals surface area contributed by atoms with E-state index in [9.17, 15) is 4.79 Å². The fourth-order valence-corrected chi connectivity index (χ4v) is 1.70. The zero-order valence-corrected chi connectivity index (χ0v) is 11.1. The van der Waals surface area contributed by atoms with Gasteiger partial charge in [0.1, 0.15) is 12.7 Å². The van der Waals surface area contributed by atoms with E-state index in [1.807, 2.05) is 0 Å². The number of pyridine rings is 1. The van der Waals surface area contributed by atoms with E-state index < -0.39 is 0 Å². The minimum atomic E-state index is -0.147. The van der Waals surface area contributed by atoms with Crippen LogP contribution in [0.25, 0.3) is 5.82 Å². The summed E-state index contributed by atoms with van der Waals surface area (Å²) in [6.45, 7) is 0.797. The molecule has 0 aliphatic rings. The molecule has 20 heavy (non-hydrogen) atoms. The van der Waals surface area contributed by atoms with Crippen LogP contribution in [0.3, 0.4) is 0 Å². The standard InChI is InChI=1S/C13H17N5O2/c19-7-3-1-2-6-15-13(20)11-4-5-12(16-8-11)18-10-14-9-17-18/h4-5,8-10,19H,1-3,6-7H2,(H,15,20). The summed E-state index contributed by atoms with van der Waals surface area (Å²) in [5, 5.41) is 15.4. The molecule has 0 aliphatic heterocycles. The molecule has 2 rings (SSSR count). The Labute approximate surface area is 116 Å². The topological polar surface area (TPSA) is 92.9 Å². The van der Waals surface area contributed by atoms with Crippen molar-refractivity contribution in [2.45, 2.75) is 19.3 Å². The first-order valence-electron chi connectivity index (χ1n) is 6.51. The first kappa shape index (κ1) is 14.1. The number of carbonyl (C=O) groups is 1. The smallest absolute Gasteiger partial charge is 0.252 e. The van der Waals surface area contributed by atoms with Crippen LogP contribution >= 0.6 is 0 Å². The number of aliphatic hydroxyl groups excluding tert-OH is 1. The lowest BCUT2D eigenvalue weighted by molar-refractivity contribution is 0.0952. The predicted molar refractivity (Wildman–Crippen MR) is 72.4 cm³/mol. The number of rotatable bonds is 7. The molecule has 0 aliphatic carbocycles. The van der Waals surface area contributed by atoms with Gasteiger partial charge in [0.2, 0.25) is 0 Å². The average Bonchev–Trinajstić information content (AvgIpc) is 3.01. The minimum Gasteiger partial charge on any atom is -0.396 e. The number of aliphatic hydroxyl groups is 1. The molecule has 0 fully saturated rings. The number of nitrogens with zero attached hydrogens (tertiary/aromatic N) is 4. The van der Waals surface area contributed by atoms with Crippen molar-refractivity contribution in [1.29, 1.82) is 0 Å². The lowest BCUT2D eigenvalue weighted by Crippen LogP contribution is -2.24. The summed E-state index contributed by atoms with van der Waals surface area (Å²) in [6, 6.07) is 3.42. The number of hydrogen-bond donors (Lipinski definition) is 2. The maximum Gasteiger partial charge on any atom is 0.252 e. The van der Waals surface area contributed by atoms with E-state index in [-0.39, 0.29) is 12.5 Å². The van der Waals surface area contributed by atoms with Gasteiger partial charge in [-0.2, -0.15) is 5.10 Å². The molecule has 2 aromatic heterocycles. The van der Waals surface area contributed by atoms with E-state index in [2.05, 4.69) is 20.4 Å². The number of unbranched alkanes of at least 4 members (excludes halogenated alkanes) is 2. The van der Waals surface area contributed by atoms with Crippen LogP contribution in [0.1, 0.15) is 29.6 Å². The molecular formula is C13H17N5O2. The van der Waals surface area contributed by atoms with Crippen LogP contribution in [-0.4, -0.2) is 43.9 Å². The van der Waals surface area contributed by atoms with Gasteiger partial charge in [-0.15, -0.1) is 0 Å². The normalized spacial score (nSPS) is 10.4. The van der Waals surface area contributed by atoms with Gasteiger partial charge in [0.05, 0.1) is 5.56 Å². The van der Waals surface area contributed by atoms with Gasteiger partial charge in [0.25, 0.3) is 5.91 Å². The Morgan fingerprint density at radius 1 is 1.30 bits per heavy atom. The summed E-state index contributed by atoms with van der Waals surface area (Å²) in [4.78, 5) is 19.8. The number of carbonyl (C=O) groups excluding carboxylic acids is 1. The molecular weight excluding hydrogens is 258 g/mol. The summed E-state index contributed by atoms with van der Waals surface area (Å²) in [7, 11) is 0. The second-order valence-electron chi connectivity index (χ2n) is 4.29. The molecule has 0 spiro atoms. The van der Waals surface area contributed by atoms with Crippen LogP contribution in [-0.2, 0) is 0 Å². The first-order valence-corrected chi connectivity index (χ1v) is 6.51. The van der Waals surface area contributed by atoms with Crippen molar-refractivity contribution in [2.75, 3.05) is 13.2 Å². The third kappa shape index (κ3) is 3.86. The highest BCUT2D eigenvalue weighted by atomic mass is 16.2. The molecule has 1 amide bonds. The molecule has 0 saturated heterocycles. The van der Waals surface area contributed by atoms with Gasteiger partial charge in [0, 0.05) is 19.3 Å². The van der Waals surface area contributed by atoms with Gasteiger partial charge in [-0.25, -0.2) is 14.6 Å². The first-order chi connectivity index (χ1) is 9.81. The van der Waals surface area contributed by atoms with E-state index in [4.69, 9.17) is 5.11 Å². The highest BCUT2D eigenvalue weighted by Crippen LogP contribution is 2.04. The number of hydrogen-bond acceptors (Lipinski definition) is 5. The maximum atomic E-state index is 11.8. The Morgan fingerprint density at radius 2 is 2.20 bits per heavy atom. The minimum absolute atomic E-state index is 0.147. The largest absolute Gasteiger partial charge is 0.396 e. The van der Waals surface area contributed by atoms with E-state index >= 15 is 0 Å². The quantitative estimate of drug-likeness (QED) is 0.720. The monoisotopic (exact) mass is 275 g/mol. The van der Waals surface area contributed by atoms with Crippen molar-refractivity contribution >= 4 is 5.91 Å².